The molecule has 0 atom stereocenters. The maximum absolute atomic E-state index is 9.48. The van der Waals surface area contributed by atoms with Crippen LogP contribution in [0.15, 0.2) is 0 Å². The van der Waals surface area contributed by atoms with Gasteiger partial charge in [0.1, 0.15) is 0 Å². The number of ether oxygens (including phenoxy) is 1. The summed E-state index contributed by atoms with van der Waals surface area (Å²) in [6, 6.07) is 0. The van der Waals surface area contributed by atoms with Crippen LogP contribution in [0.25, 0.3) is 0 Å². The van der Waals surface area contributed by atoms with Gasteiger partial charge in [0.2, 0.25) is 0 Å². The summed E-state index contributed by atoms with van der Waals surface area (Å²) in [5, 5.41) is 17.5. The van der Waals surface area contributed by atoms with Gasteiger partial charge in [-0.15, -0.1) is 0 Å². The van der Waals surface area contributed by atoms with Crippen LogP contribution in [-0.4, -0.2) is 23.5 Å². The number of aliphatic hydroxyl groups is 1. The van der Waals surface area contributed by atoms with Crippen molar-refractivity contribution < 1.29 is 39.2 Å². The maximum Gasteiger partial charge on any atom is 0.252 e. The summed E-state index contributed by atoms with van der Waals surface area (Å²) >= 11 is 0. The third-order valence-corrected chi connectivity index (χ3v) is 0.332. The fraction of sp³-hybridized carbons (Fsp3) is 0.857. The van der Waals surface area contributed by atoms with E-state index in [0.717, 1.165) is 0 Å². The smallest absolute Gasteiger partial charge is 0.252 e. The quantitative estimate of drug-likeness (QED) is 0.512. The molecule has 0 aromatic carbocycles. The number of carboxylic acid groups (broad SMARTS) is 1. The Morgan fingerprint density at radius 1 is 1.33 bits per heavy atom. The van der Waals surface area contributed by atoms with Gasteiger partial charge in [0.25, 0.3) is 6.16 Å². The van der Waals surface area contributed by atoms with Gasteiger partial charge in [-0.3, -0.25) is 0 Å². The maximum atomic E-state index is 9.48. The van der Waals surface area contributed by atoms with Crippen LogP contribution in [0.2, 0.25) is 0 Å². The monoisotopic (exact) mass is 227 g/mol. The van der Waals surface area contributed by atoms with Crippen molar-refractivity contribution in [3.05, 3.63) is 0 Å². The number of carbonyl (C=O) groups excluding carboxylic acids is 1. The summed E-state index contributed by atoms with van der Waals surface area (Å²) in [6.45, 7) is 6.69. The van der Waals surface area contributed by atoms with Crippen molar-refractivity contribution in [1.82, 2.24) is 0 Å². The van der Waals surface area contributed by atoms with Crippen molar-refractivity contribution in [1.29, 1.82) is 0 Å². The zero-order chi connectivity index (χ0) is 9.44. The topological polar surface area (TPSA) is 69.6 Å². The zero-order valence-corrected chi connectivity index (χ0v) is 11.0. The first-order valence-electron chi connectivity index (χ1n) is 3.42. The van der Waals surface area contributed by atoms with Crippen LogP contribution in [0, 0.1) is 0 Å². The molecule has 70 valence electrons. The summed E-state index contributed by atoms with van der Waals surface area (Å²) in [6.07, 6.45) is -1.92. The Kier molecular flexibility index (Phi) is 16.1. The van der Waals surface area contributed by atoms with E-state index < -0.39 is 6.16 Å². The van der Waals surface area contributed by atoms with Gasteiger partial charge in [-0.1, -0.05) is 0 Å². The van der Waals surface area contributed by atoms with Gasteiger partial charge in [0, 0.05) is 31.7 Å². The number of hydrogen-bond donors (Lipinski definition) is 1. The van der Waals surface area contributed by atoms with E-state index in [4.69, 9.17) is 5.11 Å². The standard InChI is InChI=1S/C4H8O3.C3H8O.Zn/c1-3(2)7-4(5)6;1-3(2)4;/h3H,1-2H3,(H,5,6);3-4H,1-2H3;/p-1. The van der Waals surface area contributed by atoms with Crippen LogP contribution in [0.3, 0.4) is 0 Å². The first-order valence-corrected chi connectivity index (χ1v) is 3.42. The van der Waals surface area contributed by atoms with Gasteiger partial charge in [-0.05, 0) is 27.7 Å². The molecule has 0 saturated heterocycles. The molecule has 1 N–H and O–H groups in total. The van der Waals surface area contributed by atoms with E-state index in [2.05, 4.69) is 4.74 Å². The van der Waals surface area contributed by atoms with Crippen molar-refractivity contribution in [3.63, 3.8) is 0 Å². The second-order valence-electron chi connectivity index (χ2n) is 2.51. The number of rotatable bonds is 1. The van der Waals surface area contributed by atoms with Gasteiger partial charge >= 0.3 is 0 Å². The largest absolute Gasteiger partial charge is 0.547 e. The summed E-state index contributed by atoms with van der Waals surface area (Å²) < 4.78 is 4.06. The van der Waals surface area contributed by atoms with E-state index in [-0.39, 0.29) is 31.7 Å². The molecule has 0 amide bonds. The molecule has 0 unspecified atom stereocenters. The zero-order valence-electron chi connectivity index (χ0n) is 8.03. The molecule has 0 aliphatic heterocycles. The van der Waals surface area contributed by atoms with Crippen molar-refractivity contribution >= 4 is 6.16 Å². The van der Waals surface area contributed by atoms with Crippen molar-refractivity contribution in [3.8, 4) is 0 Å². The van der Waals surface area contributed by atoms with E-state index in [1.165, 1.54) is 0 Å². The van der Waals surface area contributed by atoms with Crippen LogP contribution in [0.5, 0.6) is 0 Å². The Hall–Kier alpha value is -0.147. The van der Waals surface area contributed by atoms with Gasteiger partial charge in [0.15, 0.2) is 0 Å². The Bertz CT molecular complexity index is 101. The summed E-state index contributed by atoms with van der Waals surface area (Å²) in [5.74, 6) is 0. The molecule has 0 saturated carbocycles. The average molecular weight is 229 g/mol. The molecule has 0 radical (unpaired) electrons. The van der Waals surface area contributed by atoms with E-state index >= 15 is 0 Å². The Morgan fingerprint density at radius 3 is 1.58 bits per heavy atom. The van der Waals surface area contributed by atoms with Crippen molar-refractivity contribution in [2.75, 3.05) is 0 Å². The Balaban J connectivity index is -0.000000142. The van der Waals surface area contributed by atoms with Gasteiger partial charge in [0.05, 0.1) is 0 Å². The summed E-state index contributed by atoms with van der Waals surface area (Å²) in [5.41, 5.74) is 0. The first-order chi connectivity index (χ1) is 4.86. The number of aliphatic hydroxyl groups excluding tert-OH is 1. The molecule has 4 nitrogen and oxygen atoms in total. The van der Waals surface area contributed by atoms with Crippen LogP contribution in [0.4, 0.5) is 4.79 Å². The minimum atomic E-state index is -1.46. The summed E-state index contributed by atoms with van der Waals surface area (Å²) in [7, 11) is 0. The average Bonchev–Trinajstić information content (AvgIpc) is 1.56. The predicted molar refractivity (Wildman–Crippen MR) is 39.0 cm³/mol. The molecule has 0 fully saturated rings. The molecule has 0 heterocycles. The van der Waals surface area contributed by atoms with Crippen LogP contribution < -0.4 is 5.11 Å². The normalized spacial score (nSPS) is 8.25. The van der Waals surface area contributed by atoms with Crippen LogP contribution >= 0.6 is 0 Å². The van der Waals surface area contributed by atoms with Gasteiger partial charge in [-0.2, -0.15) is 0 Å². The number of hydrogen-bond acceptors (Lipinski definition) is 4. The van der Waals surface area contributed by atoms with Gasteiger partial charge < -0.3 is 19.7 Å². The second-order valence-corrected chi connectivity index (χ2v) is 2.51. The second kappa shape index (κ2) is 10.9. The third kappa shape index (κ3) is 52.0. The molecule has 0 bridgehead atoms. The van der Waals surface area contributed by atoms with E-state index in [0.29, 0.717) is 0 Å². The number of carbonyl (C=O) groups is 1. The molecule has 0 aromatic rings. The molecule has 0 aliphatic carbocycles. The fourth-order valence-electron chi connectivity index (χ4n) is 0.192. The Morgan fingerprint density at radius 2 is 1.58 bits per heavy atom. The minimum absolute atomic E-state index is 0. The molecule has 0 rings (SSSR count). The first kappa shape index (κ1) is 17.8. The predicted octanol–water partition coefficient (Wildman–Crippen LogP) is 0.139. The van der Waals surface area contributed by atoms with E-state index in [9.17, 15) is 9.90 Å². The van der Waals surface area contributed by atoms with E-state index in [1.54, 1.807) is 27.7 Å². The molecule has 0 spiro atoms. The van der Waals surface area contributed by atoms with Gasteiger partial charge in [-0.25, -0.2) is 0 Å². The minimum Gasteiger partial charge on any atom is -0.547 e. The summed E-state index contributed by atoms with van der Waals surface area (Å²) in [4.78, 5) is 9.48. The molecule has 12 heavy (non-hydrogen) atoms. The molecular formula is C7H15O4Zn-. The van der Waals surface area contributed by atoms with Crippen molar-refractivity contribution in [2.45, 2.75) is 39.9 Å². The Labute approximate surface area is 85.7 Å². The molecule has 5 heteroatoms. The molecule has 0 aromatic heterocycles. The van der Waals surface area contributed by atoms with Crippen molar-refractivity contribution in [2.24, 2.45) is 0 Å². The third-order valence-electron chi connectivity index (χ3n) is 0.332. The molecule has 0 aliphatic rings. The fourth-order valence-corrected chi connectivity index (χ4v) is 0.192. The van der Waals surface area contributed by atoms with Crippen LogP contribution in [0.1, 0.15) is 27.7 Å². The molecular weight excluding hydrogens is 213 g/mol. The van der Waals surface area contributed by atoms with Crippen LogP contribution in [-0.2, 0) is 24.2 Å². The SMILES string of the molecule is CC(C)O.CC(C)OC(=O)[O-].[Zn]. The van der Waals surface area contributed by atoms with E-state index in [1.807, 2.05) is 0 Å².